The van der Waals surface area contributed by atoms with E-state index in [4.69, 9.17) is 16.0 Å². The van der Waals surface area contributed by atoms with E-state index < -0.39 is 0 Å². The van der Waals surface area contributed by atoms with Crippen molar-refractivity contribution in [1.29, 1.82) is 0 Å². The molecular weight excluding hydrogens is 410 g/mol. The first kappa shape index (κ1) is 19.1. The average Bonchev–Trinajstić information content (AvgIpc) is 3.32. The van der Waals surface area contributed by atoms with E-state index in [0.29, 0.717) is 29.2 Å². The summed E-state index contributed by atoms with van der Waals surface area (Å²) in [6.45, 7) is 1.46. The topological polar surface area (TPSA) is 92.9 Å². The number of benzene rings is 1. The van der Waals surface area contributed by atoms with Gasteiger partial charge >= 0.3 is 6.01 Å². The number of pyridine rings is 1. The van der Waals surface area contributed by atoms with Crippen molar-refractivity contribution in [2.24, 2.45) is 0 Å². The second kappa shape index (κ2) is 8.42. The van der Waals surface area contributed by atoms with Crippen LogP contribution in [-0.4, -0.2) is 21.1 Å². The Morgan fingerprint density at radius 1 is 1.17 bits per heavy atom. The Bertz CT molecular complexity index is 1140. The van der Waals surface area contributed by atoms with Crippen LogP contribution < -0.4 is 10.6 Å². The molecule has 0 unspecified atom stereocenters. The van der Waals surface area contributed by atoms with Crippen LogP contribution >= 0.6 is 22.9 Å². The first-order chi connectivity index (χ1) is 14.1. The molecular formula is C20H16ClN5O2S. The van der Waals surface area contributed by atoms with Crippen LogP contribution in [0.4, 0.5) is 17.5 Å². The van der Waals surface area contributed by atoms with Crippen LogP contribution in [0, 0.1) is 0 Å². The predicted molar refractivity (Wildman–Crippen MR) is 114 cm³/mol. The molecule has 7 nitrogen and oxygen atoms in total. The van der Waals surface area contributed by atoms with Crippen molar-refractivity contribution < 1.29 is 9.21 Å². The van der Waals surface area contributed by atoms with Crippen molar-refractivity contribution in [3.05, 3.63) is 69.5 Å². The normalized spacial score (nSPS) is 10.7. The molecule has 4 aromatic rings. The Labute approximate surface area is 175 Å². The molecule has 9 heteroatoms. The number of nitrogens with zero attached hydrogens (tertiary/aromatic N) is 3. The number of nitrogens with one attached hydrogen (secondary N) is 2. The number of rotatable bonds is 6. The number of hydrogen-bond acceptors (Lipinski definition) is 7. The first-order valence-corrected chi connectivity index (χ1v) is 9.98. The van der Waals surface area contributed by atoms with Gasteiger partial charge < -0.3 is 15.1 Å². The highest BCUT2D eigenvalue weighted by molar-refractivity contribution is 7.10. The van der Waals surface area contributed by atoms with Crippen LogP contribution in [0.1, 0.15) is 17.4 Å². The molecule has 1 aromatic carbocycles. The molecule has 0 saturated carbocycles. The van der Waals surface area contributed by atoms with Crippen LogP contribution in [0.25, 0.3) is 11.5 Å². The third-order valence-electron chi connectivity index (χ3n) is 3.99. The van der Waals surface area contributed by atoms with Gasteiger partial charge in [0.2, 0.25) is 5.91 Å². The van der Waals surface area contributed by atoms with E-state index in [2.05, 4.69) is 25.8 Å². The highest BCUT2D eigenvalue weighted by Crippen LogP contribution is 2.31. The molecule has 3 aromatic heterocycles. The Hall–Kier alpha value is -3.23. The summed E-state index contributed by atoms with van der Waals surface area (Å²) in [6.07, 6.45) is 2.33. The molecule has 0 bridgehead atoms. The molecule has 0 aliphatic heterocycles. The highest BCUT2D eigenvalue weighted by atomic mass is 35.5. The Kier molecular flexibility index (Phi) is 5.55. The molecule has 1 amide bonds. The van der Waals surface area contributed by atoms with Crippen LogP contribution in [0.15, 0.2) is 58.5 Å². The fourth-order valence-corrected chi connectivity index (χ4v) is 3.75. The second-order valence-electron chi connectivity index (χ2n) is 6.21. The maximum Gasteiger partial charge on any atom is 0.320 e. The van der Waals surface area contributed by atoms with Gasteiger partial charge in [-0.1, -0.05) is 16.7 Å². The minimum Gasteiger partial charge on any atom is -0.403 e. The lowest BCUT2D eigenvalue weighted by Gasteiger charge is -2.05. The summed E-state index contributed by atoms with van der Waals surface area (Å²) in [7, 11) is 0. The summed E-state index contributed by atoms with van der Waals surface area (Å²) >= 11 is 7.51. The average molecular weight is 426 g/mol. The zero-order chi connectivity index (χ0) is 20.2. The third-order valence-corrected chi connectivity index (χ3v) is 5.16. The van der Waals surface area contributed by atoms with Gasteiger partial charge in [-0.2, -0.15) is 0 Å². The van der Waals surface area contributed by atoms with Gasteiger partial charge in [0.25, 0.3) is 5.89 Å². The molecule has 3 heterocycles. The van der Waals surface area contributed by atoms with Gasteiger partial charge in [-0.05, 0) is 53.4 Å². The SMILES string of the molecule is CC(=O)Nc1cc(Cc2sccc2-c2nnc(Nc3ccc(Cl)cc3)o2)ccn1. The molecule has 0 atom stereocenters. The van der Waals surface area contributed by atoms with Gasteiger partial charge in [-0.15, -0.1) is 16.4 Å². The summed E-state index contributed by atoms with van der Waals surface area (Å²) in [5.74, 6) is 0.812. The number of anilines is 3. The number of aromatic nitrogens is 3. The molecule has 0 aliphatic rings. The summed E-state index contributed by atoms with van der Waals surface area (Å²) in [6, 6.07) is 13.2. The van der Waals surface area contributed by atoms with Crippen LogP contribution in [0.5, 0.6) is 0 Å². The minimum atomic E-state index is -0.155. The quantitative estimate of drug-likeness (QED) is 0.444. The van der Waals surface area contributed by atoms with Gasteiger partial charge in [0, 0.05) is 35.1 Å². The number of carbonyl (C=O) groups is 1. The van der Waals surface area contributed by atoms with Crippen LogP contribution in [0.3, 0.4) is 0 Å². The molecule has 146 valence electrons. The van der Waals surface area contributed by atoms with E-state index in [1.807, 2.05) is 35.7 Å². The maximum absolute atomic E-state index is 11.2. The minimum absolute atomic E-state index is 0.155. The predicted octanol–water partition coefficient (Wildman–Crippen LogP) is 5.14. The number of amides is 1. The Morgan fingerprint density at radius 3 is 2.79 bits per heavy atom. The molecule has 29 heavy (non-hydrogen) atoms. The summed E-state index contributed by atoms with van der Waals surface area (Å²) in [4.78, 5) is 16.5. The van der Waals surface area contributed by atoms with Crippen LogP contribution in [0.2, 0.25) is 5.02 Å². The van der Waals surface area contributed by atoms with E-state index in [1.165, 1.54) is 6.92 Å². The number of carbonyl (C=O) groups excluding carboxylic acids is 1. The van der Waals surface area contributed by atoms with Crippen molar-refractivity contribution >= 4 is 46.4 Å². The smallest absolute Gasteiger partial charge is 0.320 e. The molecule has 0 spiro atoms. The van der Waals surface area contributed by atoms with Crippen molar-refractivity contribution in [3.8, 4) is 11.5 Å². The lowest BCUT2D eigenvalue weighted by atomic mass is 10.1. The van der Waals surface area contributed by atoms with E-state index in [-0.39, 0.29) is 5.91 Å². The molecule has 0 saturated heterocycles. The van der Waals surface area contributed by atoms with Crippen molar-refractivity contribution in [2.45, 2.75) is 13.3 Å². The van der Waals surface area contributed by atoms with E-state index in [9.17, 15) is 4.79 Å². The van der Waals surface area contributed by atoms with E-state index >= 15 is 0 Å². The zero-order valence-corrected chi connectivity index (χ0v) is 16.9. The number of thiophene rings is 1. The van der Waals surface area contributed by atoms with E-state index in [0.717, 1.165) is 21.7 Å². The monoisotopic (exact) mass is 425 g/mol. The van der Waals surface area contributed by atoms with Gasteiger partial charge in [0.15, 0.2) is 0 Å². The van der Waals surface area contributed by atoms with Crippen molar-refractivity contribution in [1.82, 2.24) is 15.2 Å². The van der Waals surface area contributed by atoms with Gasteiger partial charge in [-0.25, -0.2) is 4.98 Å². The van der Waals surface area contributed by atoms with E-state index in [1.54, 1.807) is 29.7 Å². The summed E-state index contributed by atoms with van der Waals surface area (Å²) < 4.78 is 5.79. The number of hydrogen-bond donors (Lipinski definition) is 2. The van der Waals surface area contributed by atoms with Crippen molar-refractivity contribution in [2.75, 3.05) is 10.6 Å². The number of halogens is 1. The van der Waals surface area contributed by atoms with Crippen molar-refractivity contribution in [3.63, 3.8) is 0 Å². The third kappa shape index (κ3) is 4.79. The highest BCUT2D eigenvalue weighted by Gasteiger charge is 2.15. The van der Waals surface area contributed by atoms with Crippen LogP contribution in [-0.2, 0) is 11.2 Å². The fourth-order valence-electron chi connectivity index (χ4n) is 2.73. The van der Waals surface area contributed by atoms with Gasteiger partial charge in [0.1, 0.15) is 5.82 Å². The molecule has 4 rings (SSSR count). The molecule has 0 fully saturated rings. The fraction of sp³-hybridized carbons (Fsp3) is 0.100. The summed E-state index contributed by atoms with van der Waals surface area (Å²) in [5, 5.41) is 16.6. The maximum atomic E-state index is 11.2. The van der Waals surface area contributed by atoms with Gasteiger partial charge in [0.05, 0.1) is 5.56 Å². The zero-order valence-electron chi connectivity index (χ0n) is 15.3. The lowest BCUT2D eigenvalue weighted by Crippen LogP contribution is -2.07. The molecule has 0 radical (unpaired) electrons. The second-order valence-corrected chi connectivity index (χ2v) is 7.65. The lowest BCUT2D eigenvalue weighted by molar-refractivity contribution is -0.114. The summed E-state index contributed by atoms with van der Waals surface area (Å²) in [5.41, 5.74) is 2.70. The Balaban J connectivity index is 1.52. The first-order valence-electron chi connectivity index (χ1n) is 8.72. The largest absolute Gasteiger partial charge is 0.403 e. The molecule has 0 aliphatic carbocycles. The Morgan fingerprint density at radius 2 is 2.00 bits per heavy atom. The molecule has 2 N–H and O–H groups in total. The standard InChI is InChI=1S/C20H16ClN5O2S/c1-12(27)23-18-11-13(6-8-22-18)10-17-16(7-9-29-17)19-25-26-20(28-19)24-15-4-2-14(21)3-5-15/h2-9,11H,10H2,1H3,(H,24,26)(H,22,23,27). The van der Waals surface area contributed by atoms with Gasteiger partial charge in [-0.3, -0.25) is 4.79 Å².